The maximum absolute atomic E-state index is 13.8. The SMILES string of the molecule is CCC(C)C(NC(=O)Cc1cccc(OCCN)c1)C(=O)N[C@@H](Cc1ccccc1)[C@@H](O)CC(=O)N[C@H](C(=O)N[C@H](C(=O)O)C(C)C)[C@@H](C)CC. The second kappa shape index (κ2) is 21.7. The van der Waals surface area contributed by atoms with E-state index < -0.39 is 60.4 Å². The third-order valence-corrected chi connectivity index (χ3v) is 8.99. The Hall–Kier alpha value is -4.49. The summed E-state index contributed by atoms with van der Waals surface area (Å²) in [5.41, 5.74) is 7.02. The Labute approximate surface area is 301 Å². The Morgan fingerprint density at radius 3 is 1.86 bits per heavy atom. The van der Waals surface area contributed by atoms with E-state index in [0.29, 0.717) is 37.3 Å². The van der Waals surface area contributed by atoms with Crippen LogP contribution in [0.5, 0.6) is 5.75 Å². The minimum absolute atomic E-state index is 0.00554. The third kappa shape index (κ3) is 14.3. The third-order valence-electron chi connectivity index (χ3n) is 8.99. The van der Waals surface area contributed by atoms with Gasteiger partial charge in [-0.05, 0) is 47.4 Å². The molecular formula is C38H57N5O8. The van der Waals surface area contributed by atoms with Gasteiger partial charge in [0, 0.05) is 6.54 Å². The summed E-state index contributed by atoms with van der Waals surface area (Å²) >= 11 is 0. The summed E-state index contributed by atoms with van der Waals surface area (Å²) in [5, 5.41) is 31.9. The molecule has 0 spiro atoms. The van der Waals surface area contributed by atoms with Gasteiger partial charge in [-0.3, -0.25) is 19.2 Å². The number of carbonyl (C=O) groups excluding carboxylic acids is 4. The first-order valence-electron chi connectivity index (χ1n) is 17.8. The number of hydrogen-bond acceptors (Lipinski definition) is 8. The number of carbonyl (C=O) groups is 5. The largest absolute Gasteiger partial charge is 0.492 e. The summed E-state index contributed by atoms with van der Waals surface area (Å²) in [7, 11) is 0. The molecule has 0 bridgehead atoms. The number of nitrogens with two attached hydrogens (primary N) is 1. The lowest BCUT2D eigenvalue weighted by molar-refractivity contribution is -0.143. The van der Waals surface area contributed by atoms with Crippen molar-refractivity contribution >= 4 is 29.6 Å². The van der Waals surface area contributed by atoms with Crippen molar-refractivity contribution < 1.29 is 38.9 Å². The Kier molecular flexibility index (Phi) is 18.1. The zero-order chi connectivity index (χ0) is 38.1. The summed E-state index contributed by atoms with van der Waals surface area (Å²) < 4.78 is 5.56. The van der Waals surface area contributed by atoms with E-state index in [2.05, 4.69) is 21.3 Å². The Morgan fingerprint density at radius 2 is 1.31 bits per heavy atom. The molecule has 51 heavy (non-hydrogen) atoms. The number of aliphatic hydroxyl groups is 1. The Morgan fingerprint density at radius 1 is 0.745 bits per heavy atom. The number of amides is 4. The predicted molar refractivity (Wildman–Crippen MR) is 195 cm³/mol. The number of ether oxygens (including phenoxy) is 1. The molecule has 282 valence electrons. The highest BCUT2D eigenvalue weighted by atomic mass is 16.5. The van der Waals surface area contributed by atoms with Gasteiger partial charge in [0.25, 0.3) is 0 Å². The molecule has 2 unspecified atom stereocenters. The summed E-state index contributed by atoms with van der Waals surface area (Å²) in [6.07, 6.45) is -0.542. The second-order valence-corrected chi connectivity index (χ2v) is 13.5. The average molecular weight is 712 g/mol. The van der Waals surface area contributed by atoms with Crippen LogP contribution in [0.15, 0.2) is 54.6 Å². The van der Waals surface area contributed by atoms with Gasteiger partial charge in [-0.15, -0.1) is 0 Å². The van der Waals surface area contributed by atoms with E-state index in [-0.39, 0.29) is 36.5 Å². The van der Waals surface area contributed by atoms with Gasteiger partial charge in [0.05, 0.1) is 25.0 Å². The number of benzene rings is 2. The summed E-state index contributed by atoms with van der Waals surface area (Å²) in [4.78, 5) is 65.2. The molecule has 2 aromatic rings. The molecule has 2 aromatic carbocycles. The van der Waals surface area contributed by atoms with Crippen LogP contribution in [-0.2, 0) is 36.8 Å². The lowest BCUT2D eigenvalue weighted by Crippen LogP contribution is -2.57. The van der Waals surface area contributed by atoms with E-state index in [4.69, 9.17) is 10.5 Å². The summed E-state index contributed by atoms with van der Waals surface area (Å²) in [6, 6.07) is 12.2. The molecular weight excluding hydrogens is 654 g/mol. The number of rotatable bonds is 22. The first-order chi connectivity index (χ1) is 24.2. The van der Waals surface area contributed by atoms with Crippen LogP contribution in [-0.4, -0.2) is 83.2 Å². The molecule has 0 aromatic heterocycles. The fraction of sp³-hybridized carbons (Fsp3) is 0.553. The normalized spacial score (nSPS) is 15.3. The molecule has 13 nitrogen and oxygen atoms in total. The highest BCUT2D eigenvalue weighted by Gasteiger charge is 2.34. The number of nitrogens with one attached hydrogen (secondary N) is 4. The van der Waals surface area contributed by atoms with Gasteiger partial charge in [0.1, 0.15) is 30.5 Å². The summed E-state index contributed by atoms with van der Waals surface area (Å²) in [6.45, 7) is 11.4. The van der Waals surface area contributed by atoms with Crippen LogP contribution < -0.4 is 31.7 Å². The number of aliphatic hydroxyl groups excluding tert-OH is 1. The molecule has 8 N–H and O–H groups in total. The highest BCUT2D eigenvalue weighted by Crippen LogP contribution is 2.17. The molecule has 0 saturated heterocycles. The number of hydrogen-bond donors (Lipinski definition) is 7. The van der Waals surface area contributed by atoms with Crippen LogP contribution in [0.4, 0.5) is 0 Å². The number of carboxylic acids is 1. The van der Waals surface area contributed by atoms with Gasteiger partial charge in [-0.1, -0.05) is 96.8 Å². The minimum Gasteiger partial charge on any atom is -0.492 e. The van der Waals surface area contributed by atoms with Crippen LogP contribution in [0, 0.1) is 17.8 Å². The van der Waals surface area contributed by atoms with Crippen molar-refractivity contribution in [2.75, 3.05) is 13.2 Å². The molecule has 2 rings (SSSR count). The fourth-order valence-electron chi connectivity index (χ4n) is 5.48. The van der Waals surface area contributed by atoms with E-state index in [0.717, 1.165) is 5.56 Å². The van der Waals surface area contributed by atoms with Crippen molar-refractivity contribution in [2.24, 2.45) is 23.5 Å². The van der Waals surface area contributed by atoms with Crippen molar-refractivity contribution in [1.82, 2.24) is 21.3 Å². The van der Waals surface area contributed by atoms with Crippen molar-refractivity contribution in [3.63, 3.8) is 0 Å². The molecule has 0 fully saturated rings. The van der Waals surface area contributed by atoms with Crippen molar-refractivity contribution in [3.05, 3.63) is 65.7 Å². The molecule has 7 atom stereocenters. The van der Waals surface area contributed by atoms with Crippen molar-refractivity contribution in [1.29, 1.82) is 0 Å². The predicted octanol–water partition coefficient (Wildman–Crippen LogP) is 2.33. The van der Waals surface area contributed by atoms with Crippen molar-refractivity contribution in [3.8, 4) is 5.75 Å². The molecule has 0 radical (unpaired) electrons. The smallest absolute Gasteiger partial charge is 0.326 e. The second-order valence-electron chi connectivity index (χ2n) is 13.5. The molecule has 4 amide bonds. The Balaban J connectivity index is 2.24. The Bertz CT molecular complexity index is 1420. The lowest BCUT2D eigenvalue weighted by Gasteiger charge is -2.30. The van der Waals surface area contributed by atoms with E-state index in [9.17, 15) is 34.2 Å². The van der Waals surface area contributed by atoms with E-state index in [1.807, 2.05) is 51.1 Å². The van der Waals surface area contributed by atoms with Gasteiger partial charge in [0.15, 0.2) is 0 Å². The molecule has 0 saturated carbocycles. The van der Waals surface area contributed by atoms with Crippen LogP contribution in [0.3, 0.4) is 0 Å². The van der Waals surface area contributed by atoms with Crippen LogP contribution in [0.2, 0.25) is 0 Å². The number of aliphatic carboxylic acids is 1. The van der Waals surface area contributed by atoms with Gasteiger partial charge in [0.2, 0.25) is 23.6 Å². The first kappa shape index (κ1) is 42.7. The van der Waals surface area contributed by atoms with Gasteiger partial charge >= 0.3 is 5.97 Å². The van der Waals surface area contributed by atoms with Crippen LogP contribution in [0.25, 0.3) is 0 Å². The zero-order valence-corrected chi connectivity index (χ0v) is 30.7. The minimum atomic E-state index is -1.37. The molecule has 13 heteroatoms. The molecule has 0 heterocycles. The van der Waals surface area contributed by atoms with Crippen molar-refractivity contribution in [2.45, 2.75) is 104 Å². The standard InChI is InChI=1S/C38H57N5O8/c1-7-24(5)34(41-31(45)21-27-15-12-16-28(19-27)51-18-17-39)36(47)40-29(20-26-13-10-9-11-14-26)30(44)22-32(46)42-35(25(6)8-2)37(48)43-33(23(3)4)38(49)50/h9-16,19,23-25,29-30,33-35,44H,7-8,17-18,20-22,39H2,1-6H3,(H,40,47)(H,41,45)(H,42,46)(H,43,48)(H,49,50)/t24?,25-,29-,30-,33-,34?,35-/m0/s1. The zero-order valence-electron chi connectivity index (χ0n) is 30.7. The lowest BCUT2D eigenvalue weighted by atomic mass is 9.94. The maximum atomic E-state index is 13.8. The van der Waals surface area contributed by atoms with Gasteiger partial charge in [-0.25, -0.2) is 4.79 Å². The van der Waals surface area contributed by atoms with Gasteiger partial charge in [-0.2, -0.15) is 0 Å². The maximum Gasteiger partial charge on any atom is 0.326 e. The van der Waals surface area contributed by atoms with E-state index >= 15 is 0 Å². The molecule has 0 aliphatic carbocycles. The van der Waals surface area contributed by atoms with Gasteiger partial charge < -0.3 is 42.0 Å². The van der Waals surface area contributed by atoms with Crippen LogP contribution in [0.1, 0.15) is 71.9 Å². The van der Waals surface area contributed by atoms with Crippen LogP contribution >= 0.6 is 0 Å². The summed E-state index contributed by atoms with van der Waals surface area (Å²) in [5.74, 6) is -3.75. The average Bonchev–Trinajstić information content (AvgIpc) is 3.10. The topological polar surface area (TPSA) is 209 Å². The highest BCUT2D eigenvalue weighted by molar-refractivity contribution is 5.91. The molecule has 0 aliphatic heterocycles. The molecule has 0 aliphatic rings. The quantitative estimate of drug-likeness (QED) is 0.0955. The monoisotopic (exact) mass is 711 g/mol. The van der Waals surface area contributed by atoms with E-state index in [1.54, 1.807) is 45.0 Å². The van der Waals surface area contributed by atoms with E-state index in [1.165, 1.54) is 0 Å². The number of carboxylic acid groups (broad SMARTS) is 1. The first-order valence-corrected chi connectivity index (χ1v) is 17.8. The fourth-order valence-corrected chi connectivity index (χ4v) is 5.48.